The first kappa shape index (κ1) is 58.4. The van der Waals surface area contributed by atoms with Gasteiger partial charge in [0.2, 0.25) is 41.4 Å². The van der Waals surface area contributed by atoms with Crippen molar-refractivity contribution in [3.05, 3.63) is 0 Å². The second-order valence-corrected chi connectivity index (χ2v) is 23.9. The third-order valence-corrected chi connectivity index (χ3v) is 18.9. The molecule has 0 aliphatic carbocycles. The number of urea groups is 3. The van der Waals surface area contributed by atoms with Crippen molar-refractivity contribution < 1.29 is 47.9 Å². The van der Waals surface area contributed by atoms with Crippen LogP contribution in [0.4, 0.5) is 14.4 Å². The molecule has 0 saturated carbocycles. The summed E-state index contributed by atoms with van der Waals surface area (Å²) < 4.78 is 0. The molecule has 6 saturated heterocycles. The van der Waals surface area contributed by atoms with Gasteiger partial charge in [-0.05, 0) is 96.3 Å². The van der Waals surface area contributed by atoms with Crippen molar-refractivity contribution in [1.29, 1.82) is 0 Å². The van der Waals surface area contributed by atoms with E-state index in [1.807, 2.05) is 0 Å². The molecule has 12 atom stereocenters. The SMILES string of the molecule is CNC(=O)[C@H](CCCCNC(=O)CCCC1SCC2NC(=O)NC21)NC(=O)[C@H](CCCCNC(=O)CCCC1SCC2NC(=O)NC21)NC(=O)[C@H](CCCCNC(=O)CCCC1SCC2NC(=O)NC21)NC(C)=O. The molecule has 0 spiro atoms. The van der Waals surface area contributed by atoms with E-state index in [9.17, 15) is 47.9 Å². The van der Waals surface area contributed by atoms with E-state index in [-0.39, 0.29) is 107 Å². The molecule has 414 valence electrons. The summed E-state index contributed by atoms with van der Waals surface area (Å²) in [5.41, 5.74) is 0. The predicted octanol–water partition coefficient (Wildman–Crippen LogP) is 0.0733. The van der Waals surface area contributed by atoms with E-state index < -0.39 is 41.8 Å². The fourth-order valence-electron chi connectivity index (χ4n) is 10.5. The molecule has 13 amide bonds. The van der Waals surface area contributed by atoms with Gasteiger partial charge in [0.25, 0.3) is 0 Å². The molecule has 6 heterocycles. The number of carbonyl (C=O) groups excluding carboxylic acids is 10. The number of carbonyl (C=O) groups is 10. The molecular formula is C48H79N13O10S3. The first-order valence-corrected chi connectivity index (χ1v) is 29.8. The van der Waals surface area contributed by atoms with Gasteiger partial charge in [0, 0.05) is 85.9 Å². The minimum Gasteiger partial charge on any atom is -0.357 e. The molecular weight excluding hydrogens is 1010 g/mol. The Kier molecular flexibility index (Phi) is 23.7. The molecule has 9 unspecified atom stereocenters. The topological polar surface area (TPSA) is 327 Å². The lowest BCUT2D eigenvalue weighted by Gasteiger charge is -2.25. The molecule has 0 aromatic rings. The second-order valence-electron chi connectivity index (χ2n) is 20.1. The number of thioether (sulfide) groups is 3. The van der Waals surface area contributed by atoms with Crippen molar-refractivity contribution in [1.82, 2.24) is 69.1 Å². The van der Waals surface area contributed by atoms with E-state index in [4.69, 9.17) is 0 Å². The zero-order valence-corrected chi connectivity index (χ0v) is 45.2. The molecule has 26 heteroatoms. The summed E-state index contributed by atoms with van der Waals surface area (Å²) in [6.07, 6.45) is 9.24. The predicted molar refractivity (Wildman–Crippen MR) is 284 cm³/mol. The molecule has 74 heavy (non-hydrogen) atoms. The molecule has 6 aliphatic heterocycles. The Labute approximate surface area is 446 Å². The van der Waals surface area contributed by atoms with Gasteiger partial charge in [-0.2, -0.15) is 35.3 Å². The van der Waals surface area contributed by atoms with E-state index in [1.54, 1.807) is 35.3 Å². The quantitative estimate of drug-likeness (QED) is 0.0306. The number of nitrogens with one attached hydrogen (secondary N) is 13. The Hall–Kier alpha value is -4.85. The van der Waals surface area contributed by atoms with Crippen LogP contribution in [0.25, 0.3) is 0 Å². The summed E-state index contributed by atoms with van der Waals surface area (Å²) in [4.78, 5) is 126. The van der Waals surface area contributed by atoms with E-state index in [0.717, 1.165) is 36.5 Å². The summed E-state index contributed by atoms with van der Waals surface area (Å²) in [6, 6.07) is -2.80. The smallest absolute Gasteiger partial charge is 0.315 e. The van der Waals surface area contributed by atoms with Crippen LogP contribution < -0.4 is 69.1 Å². The zero-order valence-electron chi connectivity index (χ0n) is 42.7. The standard InChI is InChI=1S/C48H79N13O10S3/c1-27(62)53-29(13-4-7-22-51-38(64)19-10-16-35-41-32(25-73-35)57-47(70)60-41)44(67)55-30(14-5-8-23-52-39(65)20-11-17-36-42-33(26-74-36)58-48(71)61-42)45(68)54-28(43(66)49-2)12-3-6-21-50-37(63)18-9-15-34-40-31(24-72-34)56-46(69)59-40/h28-36,40-42H,3-26H2,1-2H3,(H,49,66)(H,50,63)(H,51,64)(H,52,65)(H,53,62)(H,54,68)(H,55,67)(H2,56,59,69)(H2,57,60,70)(H2,58,61,71)/t28-,29-,30-,31?,32?,33?,34?,35?,36?,40?,41?,42?/m0/s1. The average Bonchev–Trinajstić information content (AvgIpc) is 4.23. The number of amides is 13. The number of rotatable bonds is 33. The summed E-state index contributed by atoms with van der Waals surface area (Å²) >= 11 is 5.41. The zero-order chi connectivity index (χ0) is 53.0. The van der Waals surface area contributed by atoms with E-state index in [0.29, 0.717) is 96.7 Å². The first-order valence-electron chi connectivity index (χ1n) is 26.6. The van der Waals surface area contributed by atoms with E-state index in [1.165, 1.54) is 14.0 Å². The summed E-state index contributed by atoms with van der Waals surface area (Å²) in [5, 5.41) is 38.2. The summed E-state index contributed by atoms with van der Waals surface area (Å²) in [6.45, 7) is 2.42. The third kappa shape index (κ3) is 18.5. The maximum Gasteiger partial charge on any atom is 0.315 e. The van der Waals surface area contributed by atoms with Crippen LogP contribution in [-0.4, -0.2) is 174 Å². The lowest BCUT2D eigenvalue weighted by atomic mass is 10.0. The van der Waals surface area contributed by atoms with Crippen LogP contribution in [0.15, 0.2) is 0 Å². The Morgan fingerprint density at radius 3 is 1.11 bits per heavy atom. The molecule has 6 rings (SSSR count). The second kappa shape index (κ2) is 30.0. The molecule has 0 radical (unpaired) electrons. The van der Waals surface area contributed by atoms with Crippen molar-refractivity contribution in [2.45, 2.75) is 193 Å². The van der Waals surface area contributed by atoms with Crippen molar-refractivity contribution >= 4 is 94.7 Å². The Balaban J connectivity index is 0.929. The highest BCUT2D eigenvalue weighted by molar-refractivity contribution is 8.00. The van der Waals surface area contributed by atoms with Crippen LogP contribution in [-0.2, 0) is 33.6 Å². The maximum absolute atomic E-state index is 14.0. The lowest BCUT2D eigenvalue weighted by Crippen LogP contribution is -2.56. The van der Waals surface area contributed by atoms with Crippen molar-refractivity contribution in [3.63, 3.8) is 0 Å². The molecule has 23 nitrogen and oxygen atoms in total. The Morgan fingerprint density at radius 2 is 0.784 bits per heavy atom. The molecule has 0 aromatic carbocycles. The van der Waals surface area contributed by atoms with Crippen LogP contribution in [0.2, 0.25) is 0 Å². The number of fused-ring (bicyclic) bond motifs is 3. The minimum atomic E-state index is -1.08. The van der Waals surface area contributed by atoms with Crippen LogP contribution >= 0.6 is 35.3 Å². The molecule has 0 aromatic heterocycles. The molecule has 13 N–H and O–H groups in total. The van der Waals surface area contributed by atoms with Gasteiger partial charge in [-0.15, -0.1) is 0 Å². The van der Waals surface area contributed by atoms with Gasteiger partial charge in [0.1, 0.15) is 18.1 Å². The van der Waals surface area contributed by atoms with Gasteiger partial charge in [0.05, 0.1) is 36.3 Å². The maximum atomic E-state index is 14.0. The van der Waals surface area contributed by atoms with Crippen LogP contribution in [0.5, 0.6) is 0 Å². The Morgan fingerprint density at radius 1 is 0.459 bits per heavy atom. The van der Waals surface area contributed by atoms with Gasteiger partial charge in [-0.25, -0.2) is 14.4 Å². The summed E-state index contributed by atoms with van der Waals surface area (Å²) in [7, 11) is 1.47. The average molecular weight is 1090 g/mol. The normalized spacial score (nSPS) is 26.2. The summed E-state index contributed by atoms with van der Waals surface area (Å²) in [5.74, 6) is 0.296. The van der Waals surface area contributed by atoms with Crippen LogP contribution in [0.3, 0.4) is 0 Å². The van der Waals surface area contributed by atoms with Crippen LogP contribution in [0, 0.1) is 0 Å². The largest absolute Gasteiger partial charge is 0.357 e. The molecule has 6 aliphatic rings. The number of hydrogen-bond acceptors (Lipinski definition) is 13. The molecule has 6 fully saturated rings. The van der Waals surface area contributed by atoms with Gasteiger partial charge in [-0.1, -0.05) is 0 Å². The number of hydrogen-bond donors (Lipinski definition) is 13. The highest BCUT2D eigenvalue weighted by Gasteiger charge is 2.45. The van der Waals surface area contributed by atoms with E-state index in [2.05, 4.69) is 69.1 Å². The number of likely N-dealkylation sites (N-methyl/N-ethyl adjacent to an activating group) is 1. The van der Waals surface area contributed by atoms with Gasteiger partial charge in [0.15, 0.2) is 0 Å². The molecule has 0 bridgehead atoms. The lowest BCUT2D eigenvalue weighted by molar-refractivity contribution is -0.133. The highest BCUT2D eigenvalue weighted by atomic mass is 32.2. The fraction of sp³-hybridized carbons (Fsp3) is 0.792. The fourth-order valence-corrected chi connectivity index (χ4v) is 15.1. The van der Waals surface area contributed by atoms with Crippen molar-refractivity contribution in [2.24, 2.45) is 0 Å². The van der Waals surface area contributed by atoms with E-state index >= 15 is 0 Å². The third-order valence-electron chi connectivity index (χ3n) is 14.4. The van der Waals surface area contributed by atoms with Crippen molar-refractivity contribution in [3.8, 4) is 0 Å². The van der Waals surface area contributed by atoms with Crippen LogP contribution in [0.1, 0.15) is 122 Å². The Bertz CT molecular complexity index is 1990. The first-order chi connectivity index (χ1) is 35.7. The van der Waals surface area contributed by atoms with Crippen molar-refractivity contribution in [2.75, 3.05) is 43.9 Å². The monoisotopic (exact) mass is 1090 g/mol. The van der Waals surface area contributed by atoms with Gasteiger partial charge >= 0.3 is 18.1 Å². The minimum absolute atomic E-state index is 0.0723. The van der Waals surface area contributed by atoms with Gasteiger partial charge in [-0.3, -0.25) is 33.6 Å². The number of unbranched alkanes of at least 4 members (excludes halogenated alkanes) is 3. The van der Waals surface area contributed by atoms with Gasteiger partial charge < -0.3 is 69.1 Å². The highest BCUT2D eigenvalue weighted by Crippen LogP contribution is 2.35.